The van der Waals surface area contributed by atoms with Gasteiger partial charge in [0.05, 0.1) is 11.6 Å². The molecule has 4 heteroatoms. The molecule has 0 atom stereocenters. The molecule has 4 nitrogen and oxygen atoms in total. The average molecular weight is 264 g/mol. The van der Waals surface area contributed by atoms with Gasteiger partial charge in [-0.3, -0.25) is 4.98 Å². The van der Waals surface area contributed by atoms with Crippen LogP contribution in [0.5, 0.6) is 0 Å². The summed E-state index contributed by atoms with van der Waals surface area (Å²) in [5, 5.41) is 8.82. The van der Waals surface area contributed by atoms with Crippen molar-refractivity contribution in [3.63, 3.8) is 0 Å². The van der Waals surface area contributed by atoms with Crippen LogP contribution in [-0.2, 0) is 0 Å². The highest BCUT2D eigenvalue weighted by atomic mass is 15.3. The molecule has 0 unspecified atom stereocenters. The van der Waals surface area contributed by atoms with Crippen LogP contribution >= 0.6 is 0 Å². The van der Waals surface area contributed by atoms with Crippen LogP contribution in [-0.4, -0.2) is 31.2 Å². The first-order valence-corrected chi connectivity index (χ1v) is 6.77. The summed E-state index contributed by atoms with van der Waals surface area (Å²) < 4.78 is 0. The summed E-state index contributed by atoms with van der Waals surface area (Å²) in [6.45, 7) is 4.00. The molecule has 20 heavy (non-hydrogen) atoms. The van der Waals surface area contributed by atoms with E-state index < -0.39 is 0 Å². The number of anilines is 2. The van der Waals surface area contributed by atoms with E-state index in [-0.39, 0.29) is 0 Å². The summed E-state index contributed by atoms with van der Waals surface area (Å²) in [4.78, 5) is 8.79. The highest BCUT2D eigenvalue weighted by molar-refractivity contribution is 5.52. The number of benzene rings is 1. The maximum atomic E-state index is 8.82. The Morgan fingerprint density at radius 1 is 0.800 bits per heavy atom. The van der Waals surface area contributed by atoms with Crippen LogP contribution in [0.1, 0.15) is 5.56 Å². The topological polar surface area (TPSA) is 43.2 Å². The molecule has 1 saturated heterocycles. The third kappa shape index (κ3) is 2.57. The van der Waals surface area contributed by atoms with Gasteiger partial charge >= 0.3 is 0 Å². The Hall–Kier alpha value is -2.54. The van der Waals surface area contributed by atoms with Crippen molar-refractivity contribution in [1.29, 1.82) is 5.26 Å². The molecule has 0 N–H and O–H groups in total. The number of aromatic nitrogens is 1. The third-order valence-corrected chi connectivity index (χ3v) is 3.67. The van der Waals surface area contributed by atoms with Crippen molar-refractivity contribution in [1.82, 2.24) is 4.98 Å². The fourth-order valence-corrected chi connectivity index (χ4v) is 2.52. The molecule has 0 amide bonds. The van der Waals surface area contributed by atoms with E-state index in [0.29, 0.717) is 5.56 Å². The van der Waals surface area contributed by atoms with Crippen LogP contribution in [0, 0.1) is 11.3 Å². The molecule has 2 heterocycles. The Labute approximate surface area is 118 Å². The van der Waals surface area contributed by atoms with Crippen molar-refractivity contribution in [2.24, 2.45) is 0 Å². The van der Waals surface area contributed by atoms with Gasteiger partial charge in [-0.15, -0.1) is 0 Å². The second-order valence-electron chi connectivity index (χ2n) is 4.84. The molecule has 1 fully saturated rings. The van der Waals surface area contributed by atoms with Crippen molar-refractivity contribution in [2.75, 3.05) is 36.0 Å². The Morgan fingerprint density at radius 3 is 1.80 bits per heavy atom. The van der Waals surface area contributed by atoms with Gasteiger partial charge in [0, 0.05) is 49.9 Å². The van der Waals surface area contributed by atoms with E-state index in [2.05, 4.69) is 33.0 Å². The summed E-state index contributed by atoms with van der Waals surface area (Å²) in [6, 6.07) is 14.1. The standard InChI is InChI=1S/C16H16N4/c17-13-14-1-3-15(4-2-14)19-9-11-20(12-10-19)16-5-7-18-8-6-16/h1-8H,9-12H2. The van der Waals surface area contributed by atoms with Crippen LogP contribution in [0.25, 0.3) is 0 Å². The van der Waals surface area contributed by atoms with Gasteiger partial charge in [0.2, 0.25) is 0 Å². The Balaban J connectivity index is 1.65. The van der Waals surface area contributed by atoms with Gasteiger partial charge in [0.25, 0.3) is 0 Å². The van der Waals surface area contributed by atoms with Gasteiger partial charge in [-0.2, -0.15) is 5.26 Å². The second kappa shape index (κ2) is 5.62. The van der Waals surface area contributed by atoms with Crippen LogP contribution in [0.2, 0.25) is 0 Å². The number of rotatable bonds is 2. The lowest BCUT2D eigenvalue weighted by molar-refractivity contribution is 0.653. The maximum Gasteiger partial charge on any atom is 0.0991 e. The minimum Gasteiger partial charge on any atom is -0.368 e. The monoisotopic (exact) mass is 264 g/mol. The number of piperazine rings is 1. The van der Waals surface area contributed by atoms with Crippen LogP contribution < -0.4 is 9.80 Å². The molecule has 0 spiro atoms. The van der Waals surface area contributed by atoms with E-state index in [1.165, 1.54) is 11.4 Å². The Morgan fingerprint density at radius 2 is 1.30 bits per heavy atom. The second-order valence-corrected chi connectivity index (χ2v) is 4.84. The zero-order valence-electron chi connectivity index (χ0n) is 11.2. The summed E-state index contributed by atoms with van der Waals surface area (Å²) >= 11 is 0. The number of nitrogens with zero attached hydrogens (tertiary/aromatic N) is 4. The molecule has 1 aromatic heterocycles. The molecule has 1 aromatic carbocycles. The van der Waals surface area contributed by atoms with Crippen LogP contribution in [0.4, 0.5) is 11.4 Å². The first-order valence-electron chi connectivity index (χ1n) is 6.77. The number of hydrogen-bond donors (Lipinski definition) is 0. The molecular weight excluding hydrogens is 248 g/mol. The first-order chi connectivity index (χ1) is 9.86. The smallest absolute Gasteiger partial charge is 0.0991 e. The Bertz CT molecular complexity index is 593. The van der Waals surface area contributed by atoms with Crippen molar-refractivity contribution in [3.8, 4) is 6.07 Å². The van der Waals surface area contributed by atoms with Gasteiger partial charge in [0.15, 0.2) is 0 Å². The quantitative estimate of drug-likeness (QED) is 0.834. The molecule has 1 aliphatic heterocycles. The summed E-state index contributed by atoms with van der Waals surface area (Å²) in [6.07, 6.45) is 3.67. The molecular formula is C16H16N4. The molecule has 0 aliphatic carbocycles. The number of hydrogen-bond acceptors (Lipinski definition) is 4. The van der Waals surface area contributed by atoms with Gasteiger partial charge in [0.1, 0.15) is 0 Å². The van der Waals surface area contributed by atoms with Gasteiger partial charge < -0.3 is 9.80 Å². The fourth-order valence-electron chi connectivity index (χ4n) is 2.52. The van der Waals surface area contributed by atoms with E-state index in [9.17, 15) is 0 Å². The third-order valence-electron chi connectivity index (χ3n) is 3.67. The summed E-state index contributed by atoms with van der Waals surface area (Å²) in [5.41, 5.74) is 3.14. The van der Waals surface area contributed by atoms with Crippen LogP contribution in [0.15, 0.2) is 48.8 Å². The van der Waals surface area contributed by atoms with Crippen LogP contribution in [0.3, 0.4) is 0 Å². The molecule has 2 aromatic rings. The molecule has 0 radical (unpaired) electrons. The number of pyridine rings is 1. The SMILES string of the molecule is N#Cc1ccc(N2CCN(c3ccncc3)CC2)cc1. The Kier molecular flexibility index (Phi) is 3.51. The van der Waals surface area contributed by atoms with E-state index in [0.717, 1.165) is 26.2 Å². The fraction of sp³-hybridized carbons (Fsp3) is 0.250. The van der Waals surface area contributed by atoms with Gasteiger partial charge in [-0.25, -0.2) is 0 Å². The maximum absolute atomic E-state index is 8.82. The normalized spacial score (nSPS) is 14.9. The average Bonchev–Trinajstić information content (AvgIpc) is 2.56. The molecule has 0 saturated carbocycles. The van der Waals surface area contributed by atoms with Crippen molar-refractivity contribution in [3.05, 3.63) is 54.4 Å². The molecule has 0 bridgehead atoms. The lowest BCUT2D eigenvalue weighted by atomic mass is 10.2. The number of nitriles is 1. The van der Waals surface area contributed by atoms with E-state index in [4.69, 9.17) is 5.26 Å². The zero-order valence-corrected chi connectivity index (χ0v) is 11.2. The van der Waals surface area contributed by atoms with Crippen molar-refractivity contribution < 1.29 is 0 Å². The lowest BCUT2D eigenvalue weighted by Gasteiger charge is -2.37. The zero-order chi connectivity index (χ0) is 13.8. The van der Waals surface area contributed by atoms with E-state index in [1.54, 1.807) is 0 Å². The molecule has 1 aliphatic rings. The van der Waals surface area contributed by atoms with E-state index >= 15 is 0 Å². The highest BCUT2D eigenvalue weighted by Crippen LogP contribution is 2.20. The minimum atomic E-state index is 0.712. The molecule has 3 rings (SSSR count). The lowest BCUT2D eigenvalue weighted by Crippen LogP contribution is -2.46. The summed E-state index contributed by atoms with van der Waals surface area (Å²) in [7, 11) is 0. The first kappa shape index (κ1) is 12.5. The van der Waals surface area contributed by atoms with E-state index in [1.807, 2.05) is 36.7 Å². The van der Waals surface area contributed by atoms with Crippen molar-refractivity contribution >= 4 is 11.4 Å². The predicted octanol–water partition coefficient (Wildman–Crippen LogP) is 2.28. The predicted molar refractivity (Wildman–Crippen MR) is 79.8 cm³/mol. The minimum absolute atomic E-state index is 0.712. The molecule has 100 valence electrons. The van der Waals surface area contributed by atoms with Gasteiger partial charge in [-0.1, -0.05) is 0 Å². The largest absolute Gasteiger partial charge is 0.368 e. The highest BCUT2D eigenvalue weighted by Gasteiger charge is 2.17. The summed E-state index contributed by atoms with van der Waals surface area (Å²) in [5.74, 6) is 0. The van der Waals surface area contributed by atoms with Crippen molar-refractivity contribution in [2.45, 2.75) is 0 Å². The van der Waals surface area contributed by atoms with Gasteiger partial charge in [-0.05, 0) is 36.4 Å².